The molecule has 168 valence electrons. The highest BCUT2D eigenvalue weighted by atomic mass is 31.2. The van der Waals surface area contributed by atoms with Crippen LogP contribution in [0.3, 0.4) is 0 Å². The highest BCUT2D eigenvalue weighted by Gasteiger charge is 2.29. The molecule has 0 rings (SSSR count). The van der Waals surface area contributed by atoms with Crippen molar-refractivity contribution >= 4 is 19.8 Å². The molecule has 8 nitrogen and oxygen atoms in total. The van der Waals surface area contributed by atoms with Crippen LogP contribution in [0.5, 0.6) is 0 Å². The lowest BCUT2D eigenvalue weighted by Crippen LogP contribution is -2.23. The fraction of sp³-hybridized carbons (Fsp3) is 0.700. The Bertz CT molecular complexity index is 559. The van der Waals surface area contributed by atoms with E-state index in [0.29, 0.717) is 6.42 Å². The van der Waals surface area contributed by atoms with Crippen molar-refractivity contribution in [1.82, 2.24) is 0 Å². The van der Waals surface area contributed by atoms with Crippen LogP contribution in [0, 0.1) is 0 Å². The van der Waals surface area contributed by atoms with E-state index in [9.17, 15) is 14.2 Å². The summed E-state index contributed by atoms with van der Waals surface area (Å²) in [5, 5.41) is 0. The number of ether oxygens (including phenoxy) is 2. The monoisotopic (exact) mass is 434 g/mol. The van der Waals surface area contributed by atoms with Crippen LogP contribution >= 0.6 is 7.82 Å². The molecule has 0 amide bonds. The molecule has 0 aliphatic carbocycles. The van der Waals surface area contributed by atoms with E-state index >= 15 is 0 Å². The van der Waals surface area contributed by atoms with E-state index in [1.807, 2.05) is 0 Å². The zero-order valence-corrected chi connectivity index (χ0v) is 19.1. The maximum absolute atomic E-state index is 12.9. The van der Waals surface area contributed by atoms with E-state index in [-0.39, 0.29) is 31.0 Å². The quantitative estimate of drug-likeness (QED) is 0.149. The Morgan fingerprint density at radius 2 is 1.28 bits per heavy atom. The third-order valence-electron chi connectivity index (χ3n) is 3.50. The van der Waals surface area contributed by atoms with Crippen LogP contribution in [-0.4, -0.2) is 44.0 Å². The average molecular weight is 434 g/mol. The van der Waals surface area contributed by atoms with E-state index in [4.69, 9.17) is 23.0 Å². The maximum atomic E-state index is 12.9. The summed E-state index contributed by atoms with van der Waals surface area (Å²) in [7, 11) is -3.94. The predicted octanol–water partition coefficient (Wildman–Crippen LogP) is 4.74. The lowest BCUT2D eigenvalue weighted by Gasteiger charge is -2.22. The van der Waals surface area contributed by atoms with Crippen molar-refractivity contribution in [3.05, 3.63) is 24.3 Å². The number of phosphoric acid groups is 1. The maximum Gasteiger partial charge on any atom is 0.475 e. The lowest BCUT2D eigenvalue weighted by molar-refractivity contribution is -0.145. The second kappa shape index (κ2) is 14.5. The Kier molecular flexibility index (Phi) is 13.8. The van der Waals surface area contributed by atoms with Gasteiger partial charge in [-0.05, 0) is 34.1 Å². The molecule has 0 aromatic heterocycles. The lowest BCUT2D eigenvalue weighted by atomic mass is 10.2. The summed E-state index contributed by atoms with van der Waals surface area (Å²) in [6.07, 6.45) is 2.36. The van der Waals surface area contributed by atoms with Gasteiger partial charge in [-0.2, -0.15) is 0 Å². The molecule has 0 saturated heterocycles. The number of esters is 2. The van der Waals surface area contributed by atoms with Crippen molar-refractivity contribution in [1.29, 1.82) is 0 Å². The fourth-order valence-electron chi connectivity index (χ4n) is 1.84. The van der Waals surface area contributed by atoms with Gasteiger partial charge in [0, 0.05) is 11.1 Å². The normalized spacial score (nSPS) is 15.1. The second-order valence-electron chi connectivity index (χ2n) is 6.93. The van der Waals surface area contributed by atoms with Crippen molar-refractivity contribution in [2.24, 2.45) is 0 Å². The Hall–Kier alpha value is -1.47. The van der Waals surface area contributed by atoms with Gasteiger partial charge in [-0.15, -0.1) is 0 Å². The van der Waals surface area contributed by atoms with E-state index in [0.717, 1.165) is 19.3 Å². The first-order chi connectivity index (χ1) is 13.5. The number of phosphoric ester groups is 1. The van der Waals surface area contributed by atoms with Gasteiger partial charge in [0.1, 0.15) is 12.2 Å². The first-order valence-electron chi connectivity index (χ1n) is 9.77. The molecule has 0 radical (unpaired) electrons. The molecular weight excluding hydrogens is 399 g/mol. The van der Waals surface area contributed by atoms with Gasteiger partial charge in [-0.1, -0.05) is 39.3 Å². The minimum Gasteiger partial charge on any atom is -0.457 e. The van der Waals surface area contributed by atoms with Gasteiger partial charge in [-0.25, -0.2) is 14.2 Å². The molecule has 2 atom stereocenters. The summed E-state index contributed by atoms with van der Waals surface area (Å²) in [5.74, 6) is -1.14. The van der Waals surface area contributed by atoms with Gasteiger partial charge in [0.2, 0.25) is 0 Å². The molecule has 9 heteroatoms. The first-order valence-corrected chi connectivity index (χ1v) is 11.2. The molecule has 0 heterocycles. The molecule has 0 spiro atoms. The Balaban J connectivity index is 4.76. The summed E-state index contributed by atoms with van der Waals surface area (Å²) in [6, 6.07) is 0. The minimum atomic E-state index is -3.94. The summed E-state index contributed by atoms with van der Waals surface area (Å²) in [4.78, 5) is 23.1. The number of unbranched alkanes of at least 4 members (excludes halogenated alkanes) is 3. The molecule has 0 aromatic rings. The highest BCUT2D eigenvalue weighted by molar-refractivity contribution is 7.48. The Morgan fingerprint density at radius 1 is 0.828 bits per heavy atom. The fourth-order valence-corrected chi connectivity index (χ4v) is 3.21. The molecule has 0 aliphatic rings. The van der Waals surface area contributed by atoms with Crippen LogP contribution in [0.2, 0.25) is 0 Å². The van der Waals surface area contributed by atoms with Crippen molar-refractivity contribution < 1.29 is 37.2 Å². The van der Waals surface area contributed by atoms with Crippen LogP contribution in [0.1, 0.15) is 60.3 Å². The van der Waals surface area contributed by atoms with Crippen LogP contribution in [0.4, 0.5) is 0 Å². The van der Waals surface area contributed by atoms with Crippen molar-refractivity contribution in [2.75, 3.05) is 19.8 Å². The summed E-state index contributed by atoms with van der Waals surface area (Å²) >= 11 is 0. The molecule has 0 fully saturated rings. The van der Waals surface area contributed by atoms with E-state index in [1.165, 1.54) is 13.8 Å². The smallest absolute Gasteiger partial charge is 0.457 e. The van der Waals surface area contributed by atoms with Crippen LogP contribution in [0.15, 0.2) is 24.3 Å². The predicted molar refractivity (Wildman–Crippen MR) is 110 cm³/mol. The highest BCUT2D eigenvalue weighted by Crippen LogP contribution is 2.50. The molecule has 0 aliphatic heterocycles. The van der Waals surface area contributed by atoms with Crippen LogP contribution in [0.25, 0.3) is 0 Å². The second-order valence-corrected chi connectivity index (χ2v) is 8.59. The van der Waals surface area contributed by atoms with Crippen molar-refractivity contribution in [2.45, 2.75) is 72.5 Å². The molecule has 2 unspecified atom stereocenters. The standard InChI is InChI=1S/C20H35O8P/c1-8-9-10-11-12-24-29(23,25-13-17(6)27-19(21)15(2)3)26-14-18(7)28-20(22)16(4)5/h17-18H,2,4,8-14H2,1,3,5-7H3. The van der Waals surface area contributed by atoms with Crippen molar-refractivity contribution in [3.8, 4) is 0 Å². The Labute approximate surface area is 174 Å². The van der Waals surface area contributed by atoms with Crippen LogP contribution < -0.4 is 0 Å². The summed E-state index contributed by atoms with van der Waals surface area (Å²) in [5.41, 5.74) is 0.494. The largest absolute Gasteiger partial charge is 0.475 e. The first kappa shape index (κ1) is 27.5. The van der Waals surface area contributed by atoms with Gasteiger partial charge in [-0.3, -0.25) is 13.6 Å². The molecular formula is C20H35O8P. The molecule has 0 bridgehead atoms. The van der Waals surface area contributed by atoms with Gasteiger partial charge >= 0.3 is 19.8 Å². The van der Waals surface area contributed by atoms with Gasteiger partial charge < -0.3 is 9.47 Å². The molecule has 0 N–H and O–H groups in total. The third-order valence-corrected chi connectivity index (χ3v) is 4.92. The minimum absolute atomic E-state index is 0.189. The molecule has 0 saturated carbocycles. The number of rotatable bonds is 16. The molecule has 29 heavy (non-hydrogen) atoms. The van der Waals surface area contributed by atoms with Gasteiger partial charge in [0.25, 0.3) is 0 Å². The van der Waals surface area contributed by atoms with E-state index in [2.05, 4.69) is 20.1 Å². The summed E-state index contributed by atoms with van der Waals surface area (Å²) in [6.45, 7) is 15.1. The Morgan fingerprint density at radius 3 is 1.66 bits per heavy atom. The number of carbonyl (C=O) groups excluding carboxylic acids is 2. The number of hydrogen-bond donors (Lipinski definition) is 0. The third kappa shape index (κ3) is 13.4. The van der Waals surface area contributed by atoms with Gasteiger partial charge in [0.05, 0.1) is 19.8 Å². The average Bonchev–Trinajstić information content (AvgIpc) is 2.64. The van der Waals surface area contributed by atoms with E-state index < -0.39 is 32.0 Å². The topological polar surface area (TPSA) is 97.4 Å². The zero-order chi connectivity index (χ0) is 22.4. The van der Waals surface area contributed by atoms with E-state index in [1.54, 1.807) is 13.8 Å². The molecule has 0 aromatic carbocycles. The number of carbonyl (C=O) groups is 2. The van der Waals surface area contributed by atoms with Gasteiger partial charge in [0.15, 0.2) is 0 Å². The number of hydrogen-bond acceptors (Lipinski definition) is 8. The van der Waals surface area contributed by atoms with Crippen LogP contribution in [-0.2, 0) is 37.2 Å². The summed E-state index contributed by atoms with van der Waals surface area (Å²) < 4.78 is 39.1. The zero-order valence-electron chi connectivity index (χ0n) is 18.2. The van der Waals surface area contributed by atoms with Crippen molar-refractivity contribution in [3.63, 3.8) is 0 Å². The SMILES string of the molecule is C=C(C)C(=O)OC(C)COP(=O)(OCCCCCC)OCC(C)OC(=O)C(=C)C.